The lowest BCUT2D eigenvalue weighted by Crippen LogP contribution is -2.44. The first-order valence-electron chi connectivity index (χ1n) is 6.48. The van der Waals surface area contributed by atoms with Gasteiger partial charge < -0.3 is 19.7 Å². The van der Waals surface area contributed by atoms with E-state index in [1.54, 1.807) is 6.07 Å². The molecule has 1 aliphatic heterocycles. The Kier molecular flexibility index (Phi) is 4.57. The maximum Gasteiger partial charge on any atom is 0.639 e. The zero-order chi connectivity index (χ0) is 13.9. The zero-order valence-electron chi connectivity index (χ0n) is 11.4. The summed E-state index contributed by atoms with van der Waals surface area (Å²) >= 11 is 0. The molecule has 6 heteroatoms. The molecule has 0 amide bonds. The Balaban J connectivity index is 1.85. The number of benzene rings is 1. The molecule has 0 saturated carbocycles. The van der Waals surface area contributed by atoms with E-state index < -0.39 is 7.32 Å². The fourth-order valence-corrected chi connectivity index (χ4v) is 1.82. The van der Waals surface area contributed by atoms with Crippen molar-refractivity contribution >= 4 is 13.0 Å². The van der Waals surface area contributed by atoms with Gasteiger partial charge in [0.2, 0.25) is 0 Å². The average molecular weight is 268 g/mol. The third-order valence-electron chi connectivity index (χ3n) is 3.53. The minimum absolute atomic E-state index is 0.0518. The first-order valence-corrected chi connectivity index (χ1v) is 6.48. The number of hydrogen-bond acceptors (Lipinski definition) is 3. The molecule has 1 heterocycles. The predicted octanol–water partition coefficient (Wildman–Crippen LogP) is 1.66. The number of rotatable bonds is 4. The molecule has 0 radical (unpaired) electrons. The van der Waals surface area contributed by atoms with Crippen molar-refractivity contribution in [2.45, 2.75) is 26.9 Å². The molecule has 1 aromatic rings. The molecule has 1 fully saturated rings. The second kappa shape index (κ2) is 6.01. The van der Waals surface area contributed by atoms with E-state index in [1.807, 2.05) is 0 Å². The van der Waals surface area contributed by atoms with Crippen molar-refractivity contribution in [2.24, 2.45) is 5.41 Å². The van der Waals surface area contributed by atoms with Gasteiger partial charge in [0.05, 0.1) is 6.61 Å². The monoisotopic (exact) mass is 268 g/mol. The third-order valence-corrected chi connectivity index (χ3v) is 3.53. The summed E-state index contributed by atoms with van der Waals surface area (Å²) in [6, 6.07) is 4.43. The van der Waals surface area contributed by atoms with Crippen molar-refractivity contribution in [3.63, 3.8) is 0 Å². The van der Waals surface area contributed by atoms with E-state index in [0.717, 1.165) is 12.1 Å². The second-order valence-corrected chi connectivity index (χ2v) is 5.30. The molecule has 3 N–H and O–H groups in total. The highest BCUT2D eigenvalue weighted by atomic mass is 19.1. The highest BCUT2D eigenvalue weighted by Gasteiger charge is 2.36. The van der Waals surface area contributed by atoms with Crippen LogP contribution in [0.4, 0.5) is 10.1 Å². The van der Waals surface area contributed by atoms with Crippen molar-refractivity contribution in [1.29, 1.82) is 0 Å². The molecule has 1 aliphatic rings. The summed E-state index contributed by atoms with van der Waals surface area (Å²) in [5.74, 6) is -0.296. The summed E-state index contributed by atoms with van der Waals surface area (Å²) in [4.78, 5) is 0. The molecule has 19 heavy (non-hydrogen) atoms. The summed E-state index contributed by atoms with van der Waals surface area (Å²) in [6.45, 7) is 5.66. The van der Waals surface area contributed by atoms with Crippen LogP contribution in [0.25, 0.3) is 0 Å². The highest BCUT2D eigenvalue weighted by molar-refractivity contribution is 6.36. The van der Waals surface area contributed by atoms with Crippen LogP contribution in [0.1, 0.15) is 25.8 Å². The van der Waals surface area contributed by atoms with Crippen molar-refractivity contribution in [3.8, 4) is 0 Å². The Morgan fingerprint density at radius 3 is 2.74 bits per heavy atom. The lowest BCUT2D eigenvalue weighted by Gasteiger charge is -2.34. The van der Waals surface area contributed by atoms with Gasteiger partial charge in [0.25, 0.3) is 0 Å². The maximum absolute atomic E-state index is 13.1. The van der Waals surface area contributed by atoms with E-state index in [9.17, 15) is 4.39 Å². The van der Waals surface area contributed by atoms with E-state index in [0.29, 0.717) is 18.8 Å². The second-order valence-electron chi connectivity index (χ2n) is 5.30. The Labute approximate surface area is 113 Å². The quantitative estimate of drug-likeness (QED) is 0.845. The fraction of sp³-hybridized carbons (Fsp3) is 0.538. The summed E-state index contributed by atoms with van der Waals surface area (Å²) in [7, 11) is -0.678. The van der Waals surface area contributed by atoms with Gasteiger partial charge in [-0.05, 0) is 18.6 Å². The predicted molar refractivity (Wildman–Crippen MR) is 69.8 cm³/mol. The Morgan fingerprint density at radius 2 is 2.11 bits per heavy atom. The fourth-order valence-electron chi connectivity index (χ4n) is 1.82. The topological polar surface area (TPSA) is 55.3 Å². The van der Waals surface area contributed by atoms with Gasteiger partial charge in [-0.25, -0.2) is 4.39 Å². The molecule has 0 spiro atoms. The summed E-state index contributed by atoms with van der Waals surface area (Å²) in [5, 5.41) is 0. The van der Waals surface area contributed by atoms with Gasteiger partial charge in [0.1, 0.15) is 11.5 Å². The van der Waals surface area contributed by atoms with E-state index in [2.05, 4.69) is 19.6 Å². The average Bonchev–Trinajstić information content (AvgIpc) is 2.42. The summed E-state index contributed by atoms with van der Waals surface area (Å²) < 4.78 is 29.6. The normalized spacial score (nSPS) is 18.6. The van der Waals surface area contributed by atoms with Crippen LogP contribution in [0.5, 0.6) is 0 Å². The van der Waals surface area contributed by atoms with Gasteiger partial charge in [-0.15, -0.1) is 0 Å². The Hall–Kier alpha value is -0.945. The Morgan fingerprint density at radius 1 is 1.42 bits per heavy atom. The van der Waals surface area contributed by atoms with E-state index in [4.69, 9.17) is 14.0 Å². The Bertz CT molecular complexity index is 436. The molecule has 1 aromatic carbocycles. The van der Waals surface area contributed by atoms with Gasteiger partial charge in [0.15, 0.2) is 0 Å². The van der Waals surface area contributed by atoms with Gasteiger partial charge in [-0.1, -0.05) is 13.8 Å². The van der Waals surface area contributed by atoms with Crippen LogP contribution in [0, 0.1) is 11.2 Å². The van der Waals surface area contributed by atoms with E-state index in [-0.39, 0.29) is 17.8 Å². The molecule has 0 aromatic heterocycles. The number of halogens is 1. The molecular formula is C13H20BFNO3+. The third kappa shape index (κ3) is 3.76. The van der Waals surface area contributed by atoms with Crippen LogP contribution in [0.3, 0.4) is 0 Å². The first kappa shape index (κ1) is 14.5. The highest BCUT2D eigenvalue weighted by Crippen LogP contribution is 2.26. The van der Waals surface area contributed by atoms with Gasteiger partial charge >= 0.3 is 7.32 Å². The van der Waals surface area contributed by atoms with Gasteiger partial charge in [0, 0.05) is 30.3 Å². The van der Waals surface area contributed by atoms with E-state index >= 15 is 0 Å². The molecular weight excluding hydrogens is 248 g/mol. The molecule has 0 unspecified atom stereocenters. The van der Waals surface area contributed by atoms with E-state index in [1.165, 1.54) is 12.1 Å². The van der Waals surface area contributed by atoms with Gasteiger partial charge in [-0.2, -0.15) is 0 Å². The molecule has 0 aliphatic carbocycles. The summed E-state index contributed by atoms with van der Waals surface area (Å²) in [5.41, 5.74) is 5.34. The lowest BCUT2D eigenvalue weighted by molar-refractivity contribution is -0.256. The van der Waals surface area contributed by atoms with Crippen LogP contribution in [0.15, 0.2) is 18.2 Å². The first-order chi connectivity index (χ1) is 9.02. The molecule has 0 atom stereocenters. The maximum atomic E-state index is 13.1. The minimum Gasteiger partial charge on any atom is -0.385 e. The lowest BCUT2D eigenvalue weighted by atomic mass is 9.87. The van der Waals surface area contributed by atoms with Crippen molar-refractivity contribution in [2.75, 3.05) is 13.2 Å². The van der Waals surface area contributed by atoms with Crippen LogP contribution in [-0.4, -0.2) is 20.5 Å². The van der Waals surface area contributed by atoms with Crippen molar-refractivity contribution in [3.05, 3.63) is 29.6 Å². The van der Waals surface area contributed by atoms with Crippen LogP contribution in [0.2, 0.25) is 0 Å². The van der Waals surface area contributed by atoms with Crippen molar-refractivity contribution < 1.29 is 24.1 Å². The zero-order valence-corrected chi connectivity index (χ0v) is 11.4. The molecule has 2 rings (SSSR count). The number of hydrogen-bond donors (Lipinski definition) is 1. The molecule has 1 saturated heterocycles. The van der Waals surface area contributed by atoms with Crippen LogP contribution in [-0.2, 0) is 20.6 Å². The molecule has 104 valence electrons. The molecule has 0 bridgehead atoms. The van der Waals surface area contributed by atoms with Gasteiger partial charge in [-0.3, -0.25) is 0 Å². The number of quaternary nitrogens is 1. The van der Waals surface area contributed by atoms with Crippen LogP contribution >= 0.6 is 0 Å². The van der Waals surface area contributed by atoms with Crippen molar-refractivity contribution in [1.82, 2.24) is 0 Å². The molecule has 4 nitrogen and oxygen atoms in total. The summed E-state index contributed by atoms with van der Waals surface area (Å²) in [6.07, 6.45) is 0.993. The standard InChI is InChI=1S/C13H19BFNO3/c1-3-13(2)8-18-14(19-9-13)17-7-10-6-11(15)4-5-12(10)16/h4-6H,3,7-9,16H2,1-2H3/p+1. The smallest absolute Gasteiger partial charge is 0.385 e. The minimum atomic E-state index is -0.678. The SMILES string of the molecule is CCC1(C)COB(OCc2cc(F)ccc2[NH3+])OC1. The van der Waals surface area contributed by atoms with Crippen LogP contribution < -0.4 is 5.73 Å². The largest absolute Gasteiger partial charge is 0.639 e.